The summed E-state index contributed by atoms with van der Waals surface area (Å²) in [5.74, 6) is -0.612. The minimum absolute atomic E-state index is 0.0216. The number of nitrogens with zero attached hydrogens (tertiary/aromatic N) is 1. The highest BCUT2D eigenvalue weighted by molar-refractivity contribution is 5.77. The van der Waals surface area contributed by atoms with Gasteiger partial charge in [0.2, 0.25) is 5.91 Å². The molecule has 1 heterocycles. The number of hydrogen-bond acceptors (Lipinski definition) is 2. The molecule has 0 radical (unpaired) electrons. The number of hydrogen-bond donors (Lipinski definition) is 1. The first-order chi connectivity index (χ1) is 9.79. The first kappa shape index (κ1) is 15.8. The molecule has 2 N–H and O–H groups in total. The minimum atomic E-state index is -4.40. The van der Waals surface area contributed by atoms with Crippen molar-refractivity contribution in [3.05, 3.63) is 35.4 Å². The molecule has 0 unspecified atom stereocenters. The number of rotatable bonds is 3. The van der Waals surface area contributed by atoms with Gasteiger partial charge in [-0.1, -0.05) is 25.1 Å². The van der Waals surface area contributed by atoms with Gasteiger partial charge in [0, 0.05) is 25.6 Å². The van der Waals surface area contributed by atoms with E-state index in [4.69, 9.17) is 5.73 Å². The third-order valence-corrected chi connectivity index (χ3v) is 3.86. The molecule has 0 aliphatic carbocycles. The summed E-state index contributed by atoms with van der Waals surface area (Å²) in [4.78, 5) is 13.8. The highest BCUT2D eigenvalue weighted by Crippen LogP contribution is 2.36. The van der Waals surface area contributed by atoms with E-state index in [0.717, 1.165) is 12.5 Å². The fourth-order valence-corrected chi connectivity index (χ4v) is 2.70. The molecule has 2 rings (SSSR count). The summed E-state index contributed by atoms with van der Waals surface area (Å²) in [6.07, 6.45) is -3.58. The van der Waals surface area contributed by atoms with Gasteiger partial charge in [-0.25, -0.2) is 0 Å². The van der Waals surface area contributed by atoms with Gasteiger partial charge in [-0.15, -0.1) is 0 Å². The van der Waals surface area contributed by atoms with Gasteiger partial charge < -0.3 is 10.6 Å². The van der Waals surface area contributed by atoms with E-state index in [9.17, 15) is 18.0 Å². The molecule has 0 aromatic heterocycles. The number of halogens is 3. The van der Waals surface area contributed by atoms with E-state index in [1.165, 1.54) is 12.1 Å². The Balaban J connectivity index is 2.10. The second-order valence-corrected chi connectivity index (χ2v) is 5.58. The Morgan fingerprint density at radius 3 is 2.67 bits per heavy atom. The van der Waals surface area contributed by atoms with Crippen LogP contribution in [0.2, 0.25) is 0 Å². The Hall–Kier alpha value is -1.56. The topological polar surface area (TPSA) is 46.3 Å². The molecule has 3 nitrogen and oxygen atoms in total. The Kier molecular flexibility index (Phi) is 4.56. The third kappa shape index (κ3) is 3.75. The minimum Gasteiger partial charge on any atom is -0.341 e. The van der Waals surface area contributed by atoms with Crippen LogP contribution in [0.3, 0.4) is 0 Å². The summed E-state index contributed by atoms with van der Waals surface area (Å²) >= 11 is 0. The zero-order valence-corrected chi connectivity index (χ0v) is 11.9. The Morgan fingerprint density at radius 2 is 2.10 bits per heavy atom. The lowest BCUT2D eigenvalue weighted by Crippen LogP contribution is -2.32. The van der Waals surface area contributed by atoms with Crippen LogP contribution in [0.4, 0.5) is 13.2 Å². The standard InChI is InChI=1S/C15H19F3N2O/c1-10(8-14(21)20-7-6-11(19)9-20)12-4-2-3-5-13(12)15(16,17)18/h2-5,10-11H,6-9,19H2,1H3/t10-,11+/m1/s1. The Bertz CT molecular complexity index is 516. The van der Waals surface area contributed by atoms with Crippen molar-refractivity contribution in [2.45, 2.75) is 37.9 Å². The molecular weight excluding hydrogens is 281 g/mol. The van der Waals surface area contributed by atoms with Gasteiger partial charge in [0.1, 0.15) is 0 Å². The summed E-state index contributed by atoms with van der Waals surface area (Å²) in [6, 6.07) is 5.41. The van der Waals surface area contributed by atoms with Crippen molar-refractivity contribution in [1.29, 1.82) is 0 Å². The van der Waals surface area contributed by atoms with Crippen molar-refractivity contribution in [3.63, 3.8) is 0 Å². The molecule has 1 saturated heterocycles. The van der Waals surface area contributed by atoms with Crippen LogP contribution in [0.5, 0.6) is 0 Å². The van der Waals surface area contributed by atoms with Gasteiger partial charge in [-0.05, 0) is 24.0 Å². The van der Waals surface area contributed by atoms with Crippen LogP contribution in [0.1, 0.15) is 36.8 Å². The lowest BCUT2D eigenvalue weighted by atomic mass is 9.92. The van der Waals surface area contributed by atoms with Gasteiger partial charge >= 0.3 is 6.18 Å². The fourth-order valence-electron chi connectivity index (χ4n) is 2.70. The third-order valence-electron chi connectivity index (χ3n) is 3.86. The highest BCUT2D eigenvalue weighted by atomic mass is 19.4. The molecule has 0 bridgehead atoms. The molecule has 1 aromatic carbocycles. The smallest absolute Gasteiger partial charge is 0.341 e. The number of likely N-dealkylation sites (tertiary alicyclic amines) is 1. The first-order valence-electron chi connectivity index (χ1n) is 6.98. The molecule has 2 atom stereocenters. The van der Waals surface area contributed by atoms with Crippen LogP contribution in [-0.4, -0.2) is 29.9 Å². The molecule has 116 valence electrons. The van der Waals surface area contributed by atoms with E-state index in [2.05, 4.69) is 0 Å². The maximum atomic E-state index is 13.0. The average molecular weight is 300 g/mol. The lowest BCUT2D eigenvalue weighted by molar-refractivity contribution is -0.139. The van der Waals surface area contributed by atoms with Crippen LogP contribution >= 0.6 is 0 Å². The van der Waals surface area contributed by atoms with E-state index in [-0.39, 0.29) is 23.9 Å². The Morgan fingerprint density at radius 1 is 1.43 bits per heavy atom. The molecular formula is C15H19F3N2O. The van der Waals surface area contributed by atoms with Crippen molar-refractivity contribution >= 4 is 5.91 Å². The largest absolute Gasteiger partial charge is 0.416 e. The van der Waals surface area contributed by atoms with Gasteiger partial charge in [0.05, 0.1) is 5.56 Å². The average Bonchev–Trinajstić information content (AvgIpc) is 2.84. The number of benzene rings is 1. The number of carbonyl (C=O) groups is 1. The molecule has 6 heteroatoms. The summed E-state index contributed by atoms with van der Waals surface area (Å²) in [6.45, 7) is 2.73. The molecule has 0 saturated carbocycles. The molecule has 1 fully saturated rings. The van der Waals surface area contributed by atoms with E-state index in [1.54, 1.807) is 17.9 Å². The van der Waals surface area contributed by atoms with E-state index < -0.39 is 17.7 Å². The SMILES string of the molecule is C[C@H](CC(=O)N1CC[C@H](N)C1)c1ccccc1C(F)(F)F. The maximum Gasteiger partial charge on any atom is 0.416 e. The molecule has 1 aliphatic heterocycles. The normalized spacial score (nSPS) is 20.6. The first-order valence-corrected chi connectivity index (χ1v) is 6.98. The Labute approximate surface area is 121 Å². The van der Waals surface area contributed by atoms with E-state index in [0.29, 0.717) is 13.1 Å². The van der Waals surface area contributed by atoms with Crippen LogP contribution in [0, 0.1) is 0 Å². The second kappa shape index (κ2) is 6.05. The summed E-state index contributed by atoms with van der Waals surface area (Å²) < 4.78 is 39.0. The van der Waals surface area contributed by atoms with Crippen LogP contribution in [0.15, 0.2) is 24.3 Å². The molecule has 1 amide bonds. The summed E-state index contributed by atoms with van der Waals surface area (Å²) in [7, 11) is 0. The van der Waals surface area contributed by atoms with Crippen molar-refractivity contribution in [1.82, 2.24) is 4.90 Å². The maximum absolute atomic E-state index is 13.0. The zero-order chi connectivity index (χ0) is 15.6. The van der Waals surface area contributed by atoms with Crippen molar-refractivity contribution in [2.24, 2.45) is 5.73 Å². The van der Waals surface area contributed by atoms with Crippen LogP contribution in [-0.2, 0) is 11.0 Å². The van der Waals surface area contributed by atoms with E-state index >= 15 is 0 Å². The van der Waals surface area contributed by atoms with Crippen LogP contribution < -0.4 is 5.73 Å². The molecule has 1 aromatic rings. The van der Waals surface area contributed by atoms with Crippen molar-refractivity contribution < 1.29 is 18.0 Å². The van der Waals surface area contributed by atoms with Crippen molar-refractivity contribution in [3.8, 4) is 0 Å². The molecule has 1 aliphatic rings. The van der Waals surface area contributed by atoms with Crippen molar-refractivity contribution in [2.75, 3.05) is 13.1 Å². The van der Waals surface area contributed by atoms with Gasteiger partial charge in [0.25, 0.3) is 0 Å². The second-order valence-electron chi connectivity index (χ2n) is 5.58. The summed E-state index contributed by atoms with van der Waals surface area (Å²) in [5.41, 5.74) is 5.25. The number of amides is 1. The van der Waals surface area contributed by atoms with Gasteiger partial charge in [-0.2, -0.15) is 13.2 Å². The highest BCUT2D eigenvalue weighted by Gasteiger charge is 2.35. The predicted molar refractivity (Wildman–Crippen MR) is 73.6 cm³/mol. The quantitative estimate of drug-likeness (QED) is 0.933. The number of nitrogens with two attached hydrogens (primary N) is 1. The monoisotopic (exact) mass is 300 g/mol. The number of carbonyl (C=O) groups excluding carboxylic acids is 1. The number of alkyl halides is 3. The molecule has 0 spiro atoms. The van der Waals surface area contributed by atoms with E-state index in [1.807, 2.05) is 0 Å². The molecule has 21 heavy (non-hydrogen) atoms. The summed E-state index contributed by atoms with van der Waals surface area (Å²) in [5, 5.41) is 0. The van der Waals surface area contributed by atoms with Crippen LogP contribution in [0.25, 0.3) is 0 Å². The van der Waals surface area contributed by atoms with Gasteiger partial charge in [-0.3, -0.25) is 4.79 Å². The predicted octanol–water partition coefficient (Wildman–Crippen LogP) is 2.76. The fraction of sp³-hybridized carbons (Fsp3) is 0.533. The lowest BCUT2D eigenvalue weighted by Gasteiger charge is -2.21. The van der Waals surface area contributed by atoms with Gasteiger partial charge in [0.15, 0.2) is 0 Å². The zero-order valence-electron chi connectivity index (χ0n) is 11.9.